The van der Waals surface area contributed by atoms with Crippen LogP contribution in [-0.4, -0.2) is 62.0 Å². The van der Waals surface area contributed by atoms with Crippen molar-refractivity contribution >= 4 is 45.0 Å². The lowest BCUT2D eigenvalue weighted by Crippen LogP contribution is -2.39. The number of benzene rings is 2. The van der Waals surface area contributed by atoms with Gasteiger partial charge in [0.2, 0.25) is 12.7 Å². The van der Waals surface area contributed by atoms with Crippen LogP contribution in [0.15, 0.2) is 36.4 Å². The number of nitrogens with zero attached hydrogens (tertiary/aromatic N) is 3. The van der Waals surface area contributed by atoms with Crippen molar-refractivity contribution in [2.24, 2.45) is 0 Å². The number of thiazole rings is 1. The van der Waals surface area contributed by atoms with Gasteiger partial charge in [0.15, 0.2) is 16.6 Å². The zero-order chi connectivity index (χ0) is 21.9. The summed E-state index contributed by atoms with van der Waals surface area (Å²) in [6.45, 7) is 4.94. The van der Waals surface area contributed by atoms with Crippen molar-refractivity contribution in [3.05, 3.63) is 47.8 Å². The molecular formula is C23H25ClFN3O4S. The summed E-state index contributed by atoms with van der Waals surface area (Å²) < 4.78 is 30.6. The predicted molar refractivity (Wildman–Crippen MR) is 127 cm³/mol. The molecule has 0 unspecified atom stereocenters. The van der Waals surface area contributed by atoms with Crippen LogP contribution in [-0.2, 0) is 16.0 Å². The largest absolute Gasteiger partial charge is 0.454 e. The molecule has 2 aliphatic heterocycles. The van der Waals surface area contributed by atoms with E-state index in [-0.39, 0.29) is 37.3 Å². The fourth-order valence-electron chi connectivity index (χ4n) is 3.93. The average molecular weight is 494 g/mol. The van der Waals surface area contributed by atoms with Crippen LogP contribution >= 0.6 is 23.7 Å². The van der Waals surface area contributed by atoms with E-state index < -0.39 is 0 Å². The van der Waals surface area contributed by atoms with Gasteiger partial charge >= 0.3 is 0 Å². The van der Waals surface area contributed by atoms with Crippen LogP contribution in [0.25, 0.3) is 10.2 Å². The third-order valence-corrected chi connectivity index (χ3v) is 6.66. The number of fused-ring (bicyclic) bond motifs is 2. The maximum absolute atomic E-state index is 13.7. The third kappa shape index (κ3) is 5.55. The normalized spacial score (nSPS) is 15.4. The molecule has 0 N–H and O–H groups in total. The predicted octanol–water partition coefficient (Wildman–Crippen LogP) is 3.88. The molecule has 1 fully saturated rings. The van der Waals surface area contributed by atoms with Crippen molar-refractivity contribution in [1.29, 1.82) is 0 Å². The molecule has 1 saturated heterocycles. The second-order valence-corrected chi connectivity index (χ2v) is 8.83. The minimum atomic E-state index is -0.307. The Bertz CT molecular complexity index is 1120. The first kappa shape index (κ1) is 23.7. The number of carbonyl (C=O) groups is 1. The zero-order valence-corrected chi connectivity index (χ0v) is 19.6. The lowest BCUT2D eigenvalue weighted by Gasteiger charge is -2.27. The van der Waals surface area contributed by atoms with Crippen molar-refractivity contribution in [2.45, 2.75) is 12.8 Å². The minimum absolute atomic E-state index is 0. The van der Waals surface area contributed by atoms with E-state index in [1.54, 1.807) is 11.0 Å². The summed E-state index contributed by atoms with van der Waals surface area (Å²) in [5, 5.41) is 0.596. The standard InChI is InChI=1S/C23H24FN3O4S.ClH/c24-17-3-4-18-21(14-17)32-23(25-18)27(7-1-6-26-8-10-29-11-9-26)22(28)13-16-2-5-19-20(12-16)31-15-30-19;/h2-5,12,14H,1,6-11,13,15H2;1H. The summed E-state index contributed by atoms with van der Waals surface area (Å²) in [5.74, 6) is 0.991. The van der Waals surface area contributed by atoms with Crippen LogP contribution in [0.1, 0.15) is 12.0 Å². The number of hydrogen-bond acceptors (Lipinski definition) is 7. The smallest absolute Gasteiger partial charge is 0.233 e. The fourth-order valence-corrected chi connectivity index (χ4v) is 4.96. The summed E-state index contributed by atoms with van der Waals surface area (Å²) >= 11 is 1.34. The molecule has 1 aromatic heterocycles. The number of rotatable bonds is 7. The van der Waals surface area contributed by atoms with Gasteiger partial charge in [0.25, 0.3) is 0 Å². The van der Waals surface area contributed by atoms with Gasteiger partial charge in [0.1, 0.15) is 5.82 Å². The highest BCUT2D eigenvalue weighted by molar-refractivity contribution is 7.22. The van der Waals surface area contributed by atoms with Gasteiger partial charge in [-0.3, -0.25) is 14.6 Å². The van der Waals surface area contributed by atoms with Crippen molar-refractivity contribution in [3.8, 4) is 11.5 Å². The molecule has 3 aromatic rings. The topological polar surface area (TPSA) is 64.1 Å². The Morgan fingerprint density at radius 3 is 2.79 bits per heavy atom. The van der Waals surface area contributed by atoms with Gasteiger partial charge in [-0.1, -0.05) is 17.4 Å². The summed E-state index contributed by atoms with van der Waals surface area (Å²) in [5.41, 5.74) is 1.55. The number of morpholine rings is 1. The van der Waals surface area contributed by atoms with Crippen LogP contribution in [0.3, 0.4) is 0 Å². The van der Waals surface area contributed by atoms with Crippen LogP contribution in [0.4, 0.5) is 9.52 Å². The molecule has 0 atom stereocenters. The Balaban J connectivity index is 0.00000259. The molecule has 33 heavy (non-hydrogen) atoms. The average Bonchev–Trinajstić information content (AvgIpc) is 3.43. The molecule has 0 radical (unpaired) electrons. The van der Waals surface area contributed by atoms with E-state index in [9.17, 15) is 9.18 Å². The van der Waals surface area contributed by atoms with E-state index in [1.807, 2.05) is 18.2 Å². The van der Waals surface area contributed by atoms with Gasteiger partial charge in [-0.25, -0.2) is 9.37 Å². The van der Waals surface area contributed by atoms with E-state index in [0.29, 0.717) is 28.7 Å². The number of halogens is 2. The number of anilines is 1. The highest BCUT2D eigenvalue weighted by Crippen LogP contribution is 2.33. The maximum atomic E-state index is 13.7. The first-order valence-corrected chi connectivity index (χ1v) is 11.5. The molecule has 0 spiro atoms. The highest BCUT2D eigenvalue weighted by atomic mass is 35.5. The van der Waals surface area contributed by atoms with Gasteiger partial charge < -0.3 is 14.2 Å². The molecule has 7 nitrogen and oxygen atoms in total. The lowest BCUT2D eigenvalue weighted by atomic mass is 10.1. The molecule has 5 rings (SSSR count). The van der Waals surface area contributed by atoms with Crippen molar-refractivity contribution in [3.63, 3.8) is 0 Å². The SMILES string of the molecule is Cl.O=C(Cc1ccc2c(c1)OCO2)N(CCCN1CCOCC1)c1nc2ccc(F)cc2s1. The quantitative estimate of drug-likeness (QED) is 0.497. The van der Waals surface area contributed by atoms with Gasteiger partial charge in [-0.2, -0.15) is 0 Å². The molecule has 3 heterocycles. The van der Waals surface area contributed by atoms with Crippen molar-refractivity contribution in [2.75, 3.05) is 51.1 Å². The Hall–Kier alpha value is -2.46. The molecule has 2 aliphatic rings. The first-order valence-electron chi connectivity index (χ1n) is 10.7. The second-order valence-electron chi connectivity index (χ2n) is 7.83. The van der Waals surface area contributed by atoms with Crippen LogP contribution in [0.5, 0.6) is 11.5 Å². The highest BCUT2D eigenvalue weighted by Gasteiger charge is 2.22. The number of aromatic nitrogens is 1. The van der Waals surface area contributed by atoms with E-state index >= 15 is 0 Å². The van der Waals surface area contributed by atoms with Gasteiger partial charge in [-0.15, -0.1) is 12.4 Å². The Kier molecular flexibility index (Phi) is 7.64. The molecule has 10 heteroatoms. The van der Waals surface area contributed by atoms with Crippen LogP contribution < -0.4 is 14.4 Å². The monoisotopic (exact) mass is 493 g/mol. The third-order valence-electron chi connectivity index (χ3n) is 5.62. The molecule has 0 bridgehead atoms. The minimum Gasteiger partial charge on any atom is -0.454 e. The number of ether oxygens (including phenoxy) is 3. The number of carbonyl (C=O) groups excluding carboxylic acids is 1. The van der Waals surface area contributed by atoms with Gasteiger partial charge in [0, 0.05) is 26.2 Å². The zero-order valence-electron chi connectivity index (χ0n) is 18.0. The number of amides is 1. The van der Waals surface area contributed by atoms with E-state index in [1.165, 1.54) is 23.5 Å². The van der Waals surface area contributed by atoms with Crippen molar-refractivity contribution < 1.29 is 23.4 Å². The van der Waals surface area contributed by atoms with Gasteiger partial charge in [-0.05, 0) is 42.3 Å². The first-order chi connectivity index (χ1) is 15.7. The lowest BCUT2D eigenvalue weighted by molar-refractivity contribution is -0.118. The molecule has 0 saturated carbocycles. The molecule has 2 aromatic carbocycles. The second kappa shape index (κ2) is 10.6. The van der Waals surface area contributed by atoms with E-state index in [2.05, 4.69) is 9.88 Å². The Labute approximate surface area is 201 Å². The molecule has 1 amide bonds. The summed E-state index contributed by atoms with van der Waals surface area (Å²) in [7, 11) is 0. The summed E-state index contributed by atoms with van der Waals surface area (Å²) in [4.78, 5) is 22.0. The summed E-state index contributed by atoms with van der Waals surface area (Å²) in [6.07, 6.45) is 1.04. The maximum Gasteiger partial charge on any atom is 0.233 e. The van der Waals surface area contributed by atoms with E-state index in [0.717, 1.165) is 49.5 Å². The van der Waals surface area contributed by atoms with Crippen LogP contribution in [0.2, 0.25) is 0 Å². The van der Waals surface area contributed by atoms with Gasteiger partial charge in [0.05, 0.1) is 29.9 Å². The molecule has 176 valence electrons. The fraction of sp³-hybridized carbons (Fsp3) is 0.391. The molecular weight excluding hydrogens is 469 g/mol. The van der Waals surface area contributed by atoms with Crippen LogP contribution in [0, 0.1) is 5.82 Å². The Morgan fingerprint density at radius 1 is 1.12 bits per heavy atom. The summed E-state index contributed by atoms with van der Waals surface area (Å²) in [6, 6.07) is 10.1. The Morgan fingerprint density at radius 2 is 1.94 bits per heavy atom. The van der Waals surface area contributed by atoms with E-state index in [4.69, 9.17) is 14.2 Å². The van der Waals surface area contributed by atoms with Crippen molar-refractivity contribution in [1.82, 2.24) is 9.88 Å². The number of hydrogen-bond donors (Lipinski definition) is 0. The molecule has 0 aliphatic carbocycles.